The van der Waals surface area contributed by atoms with Crippen molar-refractivity contribution in [3.8, 4) is 0 Å². The molecule has 0 spiro atoms. The minimum Gasteiger partial charge on any atom is -0.481 e. The average Bonchev–Trinajstić information content (AvgIpc) is 2.70. The van der Waals surface area contributed by atoms with Crippen LogP contribution in [-0.4, -0.2) is 23.7 Å². The van der Waals surface area contributed by atoms with Gasteiger partial charge in [-0.25, -0.2) is 4.79 Å². The summed E-state index contributed by atoms with van der Waals surface area (Å²) < 4.78 is 0. The third-order valence-corrected chi connectivity index (χ3v) is 4.15. The highest BCUT2D eigenvalue weighted by atomic mass is 32.1. The number of hydrogen-bond donors (Lipinski definition) is 3. The maximum Gasteiger partial charge on any atom is 0.315 e. The Balaban J connectivity index is 2.07. The third kappa shape index (κ3) is 6.56. The van der Waals surface area contributed by atoms with Crippen LogP contribution >= 0.6 is 11.3 Å². The maximum absolute atomic E-state index is 11.5. The van der Waals surface area contributed by atoms with E-state index in [1.807, 2.05) is 0 Å². The van der Waals surface area contributed by atoms with E-state index >= 15 is 0 Å². The van der Waals surface area contributed by atoms with Gasteiger partial charge in [0, 0.05) is 22.7 Å². The maximum atomic E-state index is 11.5. The van der Waals surface area contributed by atoms with Crippen LogP contribution in [0.25, 0.3) is 0 Å². The van der Waals surface area contributed by atoms with E-state index in [0.717, 1.165) is 17.7 Å². The van der Waals surface area contributed by atoms with E-state index in [2.05, 4.69) is 30.5 Å². The number of aryl methyl sites for hydroxylation is 2. The van der Waals surface area contributed by atoms with Gasteiger partial charge in [0.05, 0.1) is 6.54 Å². The Kier molecular flexibility index (Phi) is 7.08. The Bertz CT molecular complexity index is 438. The summed E-state index contributed by atoms with van der Waals surface area (Å²) in [5.74, 6) is -0.766. The molecule has 0 aliphatic carbocycles. The molecule has 1 aromatic heterocycles. The van der Waals surface area contributed by atoms with E-state index in [9.17, 15) is 9.59 Å². The summed E-state index contributed by atoms with van der Waals surface area (Å²) in [6, 6.07) is 1.92. The standard InChI is InChI=1S/C14H22N2O3S/c1-10-8-12(20-11(10)2)9-16-14(19)15-7-5-3-4-6-13(17)18/h8H,3-7,9H2,1-2H3,(H,17,18)(H2,15,16,19). The Labute approximate surface area is 123 Å². The van der Waals surface area contributed by atoms with Crippen LogP contribution in [0.4, 0.5) is 4.79 Å². The van der Waals surface area contributed by atoms with E-state index in [-0.39, 0.29) is 12.5 Å². The molecular weight excluding hydrogens is 276 g/mol. The third-order valence-electron chi connectivity index (χ3n) is 2.99. The summed E-state index contributed by atoms with van der Waals surface area (Å²) >= 11 is 1.70. The molecule has 0 bridgehead atoms. The molecule has 5 nitrogen and oxygen atoms in total. The zero-order valence-electron chi connectivity index (χ0n) is 12.0. The molecule has 0 aromatic carbocycles. The first-order valence-electron chi connectivity index (χ1n) is 6.78. The van der Waals surface area contributed by atoms with Gasteiger partial charge >= 0.3 is 12.0 Å². The number of rotatable bonds is 8. The minimum absolute atomic E-state index is 0.174. The molecule has 0 fully saturated rings. The molecule has 2 amide bonds. The van der Waals surface area contributed by atoms with Gasteiger partial charge in [-0.1, -0.05) is 6.42 Å². The Morgan fingerprint density at radius 3 is 2.55 bits per heavy atom. The largest absolute Gasteiger partial charge is 0.481 e. The molecule has 3 N–H and O–H groups in total. The zero-order valence-corrected chi connectivity index (χ0v) is 12.8. The van der Waals surface area contributed by atoms with Crippen molar-refractivity contribution in [1.82, 2.24) is 10.6 Å². The molecule has 20 heavy (non-hydrogen) atoms. The number of carboxylic acid groups (broad SMARTS) is 1. The van der Waals surface area contributed by atoms with E-state index in [0.29, 0.717) is 19.5 Å². The van der Waals surface area contributed by atoms with Crippen molar-refractivity contribution in [3.63, 3.8) is 0 Å². The Morgan fingerprint density at radius 1 is 1.20 bits per heavy atom. The summed E-state index contributed by atoms with van der Waals surface area (Å²) in [5, 5.41) is 14.1. The number of hydrogen-bond acceptors (Lipinski definition) is 3. The lowest BCUT2D eigenvalue weighted by atomic mass is 10.2. The lowest BCUT2D eigenvalue weighted by Gasteiger charge is -2.06. The van der Waals surface area contributed by atoms with Crippen LogP contribution in [-0.2, 0) is 11.3 Å². The SMILES string of the molecule is Cc1cc(CNC(=O)NCCCCCC(=O)O)sc1C. The van der Waals surface area contributed by atoms with Crippen molar-refractivity contribution in [1.29, 1.82) is 0 Å². The van der Waals surface area contributed by atoms with Gasteiger partial charge in [-0.2, -0.15) is 0 Å². The van der Waals surface area contributed by atoms with Crippen LogP contribution in [0, 0.1) is 13.8 Å². The number of urea groups is 1. The summed E-state index contributed by atoms with van der Waals surface area (Å²) in [5.41, 5.74) is 1.26. The first kappa shape index (κ1) is 16.5. The molecule has 0 unspecified atom stereocenters. The zero-order chi connectivity index (χ0) is 15.0. The summed E-state index contributed by atoms with van der Waals surface area (Å²) in [4.78, 5) is 24.3. The van der Waals surface area contributed by atoms with Gasteiger partial charge in [0.1, 0.15) is 0 Å². The Hall–Kier alpha value is -1.56. The van der Waals surface area contributed by atoms with Crippen LogP contribution < -0.4 is 10.6 Å². The van der Waals surface area contributed by atoms with Gasteiger partial charge in [-0.15, -0.1) is 11.3 Å². The number of carbonyl (C=O) groups excluding carboxylic acids is 1. The number of carboxylic acids is 1. The highest BCUT2D eigenvalue weighted by Crippen LogP contribution is 2.20. The fourth-order valence-corrected chi connectivity index (χ4v) is 2.74. The van der Waals surface area contributed by atoms with Gasteiger partial charge in [0.25, 0.3) is 0 Å². The number of aliphatic carboxylic acids is 1. The Morgan fingerprint density at radius 2 is 1.95 bits per heavy atom. The smallest absolute Gasteiger partial charge is 0.315 e. The van der Waals surface area contributed by atoms with E-state index in [1.54, 1.807) is 11.3 Å². The predicted molar refractivity (Wildman–Crippen MR) is 80.1 cm³/mol. The van der Waals surface area contributed by atoms with Gasteiger partial charge in [-0.05, 0) is 38.3 Å². The van der Waals surface area contributed by atoms with Crippen molar-refractivity contribution >= 4 is 23.3 Å². The summed E-state index contributed by atoms with van der Waals surface area (Å²) in [7, 11) is 0. The molecule has 1 rings (SSSR count). The molecule has 0 saturated carbocycles. The van der Waals surface area contributed by atoms with Gasteiger partial charge in [-0.3, -0.25) is 4.79 Å². The fraction of sp³-hybridized carbons (Fsp3) is 0.571. The normalized spacial score (nSPS) is 10.3. The second-order valence-electron chi connectivity index (χ2n) is 4.77. The molecule has 0 saturated heterocycles. The van der Waals surface area contributed by atoms with Crippen molar-refractivity contribution in [2.75, 3.05) is 6.54 Å². The molecule has 1 aromatic rings. The molecular formula is C14H22N2O3S. The molecule has 112 valence electrons. The topological polar surface area (TPSA) is 78.4 Å². The fourth-order valence-electron chi connectivity index (χ4n) is 1.75. The summed E-state index contributed by atoms with van der Waals surface area (Å²) in [6.45, 7) is 5.26. The molecule has 0 aliphatic rings. The van der Waals surface area contributed by atoms with Crippen molar-refractivity contribution in [3.05, 3.63) is 21.4 Å². The lowest BCUT2D eigenvalue weighted by molar-refractivity contribution is -0.137. The monoisotopic (exact) mass is 298 g/mol. The van der Waals surface area contributed by atoms with E-state index < -0.39 is 5.97 Å². The van der Waals surface area contributed by atoms with Crippen LogP contribution in [0.1, 0.15) is 41.0 Å². The molecule has 0 radical (unpaired) electrons. The summed E-state index contributed by atoms with van der Waals surface area (Å²) in [6.07, 6.45) is 2.48. The highest BCUT2D eigenvalue weighted by molar-refractivity contribution is 7.12. The highest BCUT2D eigenvalue weighted by Gasteiger charge is 2.04. The van der Waals surface area contributed by atoms with Gasteiger partial charge in [0.2, 0.25) is 0 Å². The minimum atomic E-state index is -0.766. The average molecular weight is 298 g/mol. The van der Waals surface area contributed by atoms with Crippen LogP contribution in [0.5, 0.6) is 0 Å². The van der Waals surface area contributed by atoms with Crippen molar-refractivity contribution < 1.29 is 14.7 Å². The van der Waals surface area contributed by atoms with E-state index in [4.69, 9.17) is 5.11 Å². The number of amides is 2. The quantitative estimate of drug-likeness (QED) is 0.646. The van der Waals surface area contributed by atoms with Crippen molar-refractivity contribution in [2.24, 2.45) is 0 Å². The van der Waals surface area contributed by atoms with Gasteiger partial charge in [0.15, 0.2) is 0 Å². The second-order valence-corrected chi connectivity index (χ2v) is 6.11. The predicted octanol–water partition coefficient (Wildman–Crippen LogP) is 2.81. The van der Waals surface area contributed by atoms with Crippen molar-refractivity contribution in [2.45, 2.75) is 46.1 Å². The van der Waals surface area contributed by atoms with E-state index in [1.165, 1.54) is 10.4 Å². The number of carbonyl (C=O) groups is 2. The lowest BCUT2D eigenvalue weighted by Crippen LogP contribution is -2.35. The first-order chi connectivity index (χ1) is 9.49. The molecule has 0 aliphatic heterocycles. The molecule has 0 atom stereocenters. The van der Waals surface area contributed by atoms with Crippen LogP contribution in [0.3, 0.4) is 0 Å². The number of unbranched alkanes of at least 4 members (excludes halogenated alkanes) is 2. The van der Waals surface area contributed by atoms with Crippen LogP contribution in [0.15, 0.2) is 6.07 Å². The number of nitrogens with one attached hydrogen (secondary N) is 2. The first-order valence-corrected chi connectivity index (χ1v) is 7.60. The molecule has 1 heterocycles. The molecule has 6 heteroatoms. The second kappa shape index (κ2) is 8.58. The van der Waals surface area contributed by atoms with Crippen LogP contribution in [0.2, 0.25) is 0 Å². The number of thiophene rings is 1. The van der Waals surface area contributed by atoms with Gasteiger partial charge < -0.3 is 15.7 Å².